The van der Waals surface area contributed by atoms with Crippen molar-refractivity contribution in [3.8, 4) is 0 Å². The zero-order valence-corrected chi connectivity index (χ0v) is 12.3. The first-order chi connectivity index (χ1) is 9.50. The quantitative estimate of drug-likeness (QED) is 0.903. The van der Waals surface area contributed by atoms with Crippen LogP contribution in [-0.2, 0) is 10.0 Å². The Kier molecular flexibility index (Phi) is 3.56. The molecule has 0 spiro atoms. The molecule has 2 saturated heterocycles. The lowest BCUT2D eigenvalue weighted by Gasteiger charge is -2.27. The Labute approximate surface area is 119 Å². The van der Waals surface area contributed by atoms with Crippen LogP contribution in [0.1, 0.15) is 24.8 Å². The summed E-state index contributed by atoms with van der Waals surface area (Å²) < 4.78 is 41.2. The molecule has 2 aliphatic rings. The van der Waals surface area contributed by atoms with Crippen molar-refractivity contribution in [3.05, 3.63) is 29.6 Å². The summed E-state index contributed by atoms with van der Waals surface area (Å²) in [6.07, 6.45) is 2.52. The zero-order valence-electron chi connectivity index (χ0n) is 11.5. The van der Waals surface area contributed by atoms with Crippen molar-refractivity contribution in [2.45, 2.75) is 43.2 Å². The topological polar surface area (TPSA) is 49.4 Å². The summed E-state index contributed by atoms with van der Waals surface area (Å²) in [6.45, 7) is 3.23. The fourth-order valence-corrected chi connectivity index (χ4v) is 5.21. The molecule has 3 rings (SSSR count). The predicted molar refractivity (Wildman–Crippen MR) is 74.5 cm³/mol. The van der Waals surface area contributed by atoms with E-state index in [1.54, 1.807) is 17.3 Å². The summed E-state index contributed by atoms with van der Waals surface area (Å²) in [7, 11) is -3.75. The normalized spacial score (nSPS) is 27.5. The van der Waals surface area contributed by atoms with Gasteiger partial charge in [0, 0.05) is 18.6 Å². The van der Waals surface area contributed by atoms with Gasteiger partial charge in [-0.15, -0.1) is 0 Å². The molecule has 6 heteroatoms. The summed E-state index contributed by atoms with van der Waals surface area (Å²) >= 11 is 0. The average Bonchev–Trinajstić information content (AvgIpc) is 2.63. The lowest BCUT2D eigenvalue weighted by atomic mass is 10.1. The van der Waals surface area contributed by atoms with Crippen LogP contribution in [0.3, 0.4) is 0 Å². The van der Waals surface area contributed by atoms with Crippen LogP contribution in [0.5, 0.6) is 0 Å². The molecule has 1 aromatic rings. The Morgan fingerprint density at radius 2 is 2.00 bits per heavy atom. The minimum atomic E-state index is -3.75. The lowest BCUT2D eigenvalue weighted by Crippen LogP contribution is -2.42. The minimum Gasteiger partial charge on any atom is -0.315 e. The highest BCUT2D eigenvalue weighted by molar-refractivity contribution is 7.89. The van der Waals surface area contributed by atoms with Crippen molar-refractivity contribution >= 4 is 10.0 Å². The fraction of sp³-hybridized carbons (Fsp3) is 0.571. The molecule has 2 heterocycles. The molecule has 2 fully saturated rings. The van der Waals surface area contributed by atoms with Gasteiger partial charge in [0.2, 0.25) is 10.0 Å². The average molecular weight is 298 g/mol. The van der Waals surface area contributed by atoms with Gasteiger partial charge in [-0.25, -0.2) is 12.8 Å². The number of hydrogen-bond donors (Lipinski definition) is 1. The number of halogens is 1. The molecule has 2 bridgehead atoms. The van der Waals surface area contributed by atoms with Gasteiger partial charge in [0.1, 0.15) is 10.7 Å². The molecule has 0 radical (unpaired) electrons. The van der Waals surface area contributed by atoms with E-state index in [0.29, 0.717) is 6.54 Å². The van der Waals surface area contributed by atoms with Crippen LogP contribution < -0.4 is 5.32 Å². The second-order valence-electron chi connectivity index (χ2n) is 5.65. The Balaban J connectivity index is 2.03. The first kappa shape index (κ1) is 14.0. The van der Waals surface area contributed by atoms with Crippen molar-refractivity contribution in [2.75, 3.05) is 13.1 Å². The largest absolute Gasteiger partial charge is 0.315 e. The van der Waals surface area contributed by atoms with Crippen LogP contribution in [0, 0.1) is 12.7 Å². The molecule has 0 aliphatic carbocycles. The first-order valence-electron chi connectivity index (χ1n) is 7.00. The second kappa shape index (κ2) is 5.09. The van der Waals surface area contributed by atoms with Crippen LogP contribution in [0.25, 0.3) is 0 Å². The standard InChI is InChI=1S/C14H19FN2O2S/c1-10-2-5-14(13(15)8-10)20(18,19)17-11-3-4-12(17)9-16-7-6-11/h2,5,8,11-12,16H,3-4,6-7,9H2,1H3. The third-order valence-corrected chi connectivity index (χ3v) is 6.27. The van der Waals surface area contributed by atoms with Gasteiger partial charge in [-0.1, -0.05) is 6.07 Å². The fourth-order valence-electron chi connectivity index (χ4n) is 3.26. The molecule has 0 amide bonds. The van der Waals surface area contributed by atoms with E-state index in [1.807, 2.05) is 0 Å². The predicted octanol–water partition coefficient (Wildman–Crippen LogP) is 1.65. The number of aryl methyl sites for hydroxylation is 1. The number of nitrogens with one attached hydrogen (secondary N) is 1. The van der Waals surface area contributed by atoms with E-state index in [0.717, 1.165) is 31.4 Å². The number of rotatable bonds is 2. The molecule has 2 unspecified atom stereocenters. The van der Waals surface area contributed by atoms with Gasteiger partial charge >= 0.3 is 0 Å². The summed E-state index contributed by atoms with van der Waals surface area (Å²) in [4.78, 5) is -0.193. The van der Waals surface area contributed by atoms with Gasteiger partial charge in [-0.3, -0.25) is 0 Å². The van der Waals surface area contributed by atoms with E-state index in [2.05, 4.69) is 5.32 Å². The molecule has 110 valence electrons. The summed E-state index contributed by atoms with van der Waals surface area (Å²) in [5, 5.41) is 3.26. The molecule has 0 saturated carbocycles. The Morgan fingerprint density at radius 3 is 2.75 bits per heavy atom. The SMILES string of the molecule is Cc1ccc(S(=O)(=O)N2C3CCNCC2CC3)c(F)c1. The zero-order chi connectivity index (χ0) is 14.3. The monoisotopic (exact) mass is 298 g/mol. The Hall–Kier alpha value is -0.980. The Bertz CT molecular complexity index is 604. The maximum atomic E-state index is 14.1. The molecular formula is C14H19FN2O2S. The van der Waals surface area contributed by atoms with Crippen LogP contribution in [-0.4, -0.2) is 37.9 Å². The van der Waals surface area contributed by atoms with Gasteiger partial charge in [0.25, 0.3) is 0 Å². The van der Waals surface area contributed by atoms with Gasteiger partial charge < -0.3 is 5.32 Å². The second-order valence-corrected chi connectivity index (χ2v) is 7.46. The van der Waals surface area contributed by atoms with Crippen LogP contribution >= 0.6 is 0 Å². The molecular weight excluding hydrogens is 279 g/mol. The maximum Gasteiger partial charge on any atom is 0.246 e. The molecule has 1 N–H and O–H groups in total. The van der Waals surface area contributed by atoms with Gasteiger partial charge in [-0.05, 0) is 50.4 Å². The number of benzene rings is 1. The molecule has 2 atom stereocenters. The summed E-state index contributed by atoms with van der Waals surface area (Å²) in [6, 6.07) is 4.27. The van der Waals surface area contributed by atoms with E-state index >= 15 is 0 Å². The third-order valence-electron chi connectivity index (χ3n) is 4.23. The van der Waals surface area contributed by atoms with Crippen molar-refractivity contribution in [1.29, 1.82) is 0 Å². The number of hydrogen-bond acceptors (Lipinski definition) is 3. The highest BCUT2D eigenvalue weighted by atomic mass is 32.2. The first-order valence-corrected chi connectivity index (χ1v) is 8.44. The molecule has 20 heavy (non-hydrogen) atoms. The number of sulfonamides is 1. The van der Waals surface area contributed by atoms with E-state index < -0.39 is 15.8 Å². The van der Waals surface area contributed by atoms with E-state index in [-0.39, 0.29) is 17.0 Å². The van der Waals surface area contributed by atoms with E-state index in [9.17, 15) is 12.8 Å². The lowest BCUT2D eigenvalue weighted by molar-refractivity contribution is 0.333. The third kappa shape index (κ3) is 2.25. The molecule has 1 aromatic carbocycles. The van der Waals surface area contributed by atoms with Crippen molar-refractivity contribution in [1.82, 2.24) is 9.62 Å². The van der Waals surface area contributed by atoms with Crippen LogP contribution in [0.4, 0.5) is 4.39 Å². The minimum absolute atomic E-state index is 0.000651. The molecule has 0 aromatic heterocycles. The van der Waals surface area contributed by atoms with Crippen LogP contribution in [0.2, 0.25) is 0 Å². The van der Waals surface area contributed by atoms with Gasteiger partial charge in [0.05, 0.1) is 0 Å². The highest BCUT2D eigenvalue weighted by Crippen LogP contribution is 2.34. The maximum absolute atomic E-state index is 14.1. The highest BCUT2D eigenvalue weighted by Gasteiger charge is 2.43. The molecule has 2 aliphatic heterocycles. The number of nitrogens with zero attached hydrogens (tertiary/aromatic N) is 1. The van der Waals surface area contributed by atoms with E-state index in [4.69, 9.17) is 0 Å². The van der Waals surface area contributed by atoms with Crippen molar-refractivity contribution < 1.29 is 12.8 Å². The Morgan fingerprint density at radius 1 is 1.25 bits per heavy atom. The summed E-state index contributed by atoms with van der Waals surface area (Å²) in [5.74, 6) is -0.651. The smallest absolute Gasteiger partial charge is 0.246 e. The van der Waals surface area contributed by atoms with Crippen LogP contribution in [0.15, 0.2) is 23.1 Å². The van der Waals surface area contributed by atoms with Crippen molar-refractivity contribution in [3.63, 3.8) is 0 Å². The molecule has 4 nitrogen and oxygen atoms in total. The number of fused-ring (bicyclic) bond motifs is 2. The van der Waals surface area contributed by atoms with E-state index in [1.165, 1.54) is 12.1 Å². The van der Waals surface area contributed by atoms with Gasteiger partial charge in [0.15, 0.2) is 0 Å². The van der Waals surface area contributed by atoms with Crippen molar-refractivity contribution in [2.24, 2.45) is 0 Å². The van der Waals surface area contributed by atoms with Gasteiger partial charge in [-0.2, -0.15) is 4.31 Å². The summed E-state index contributed by atoms with van der Waals surface area (Å²) in [5.41, 5.74) is 0.724.